The average Bonchev–Trinajstić information content (AvgIpc) is 2.98. The number of carbonyl (C=O) groups is 1. The summed E-state index contributed by atoms with van der Waals surface area (Å²) in [4.78, 5) is 11.8. The first-order valence-electron chi connectivity index (χ1n) is 6.41. The Bertz CT molecular complexity index is 414. The van der Waals surface area contributed by atoms with E-state index in [4.69, 9.17) is 4.74 Å². The van der Waals surface area contributed by atoms with Gasteiger partial charge in [0.25, 0.3) is 0 Å². The summed E-state index contributed by atoms with van der Waals surface area (Å²) in [6.45, 7) is 5.12. The molecule has 18 heavy (non-hydrogen) atoms. The fraction of sp³-hybridized carbons (Fsp3) is 0.533. The minimum Gasteiger partial charge on any atom is -0.469 e. The molecule has 98 valence electrons. The van der Waals surface area contributed by atoms with Gasteiger partial charge in [0.1, 0.15) is 0 Å². The molecule has 0 aliphatic heterocycles. The van der Waals surface area contributed by atoms with Crippen molar-refractivity contribution < 1.29 is 9.53 Å². The Balaban J connectivity index is 2.00. The monoisotopic (exact) mass is 247 g/mol. The zero-order valence-electron chi connectivity index (χ0n) is 11.3. The van der Waals surface area contributed by atoms with E-state index in [1.54, 1.807) is 0 Å². The van der Waals surface area contributed by atoms with E-state index < -0.39 is 0 Å². The molecule has 3 nitrogen and oxygen atoms in total. The van der Waals surface area contributed by atoms with Crippen molar-refractivity contribution in [1.29, 1.82) is 0 Å². The van der Waals surface area contributed by atoms with Gasteiger partial charge in [-0.05, 0) is 17.4 Å². The summed E-state index contributed by atoms with van der Waals surface area (Å²) in [5.74, 6) is -0.389. The molecule has 1 N–H and O–H groups in total. The second kappa shape index (κ2) is 5.11. The van der Waals surface area contributed by atoms with Gasteiger partial charge in [-0.2, -0.15) is 0 Å². The molecule has 3 heteroatoms. The summed E-state index contributed by atoms with van der Waals surface area (Å²) in [6.07, 6.45) is 1.18. The van der Waals surface area contributed by atoms with Crippen LogP contribution in [0, 0.1) is 5.41 Å². The molecule has 0 aromatic heterocycles. The third kappa shape index (κ3) is 2.91. The van der Waals surface area contributed by atoms with Gasteiger partial charge in [0.2, 0.25) is 0 Å². The van der Waals surface area contributed by atoms with Crippen molar-refractivity contribution >= 4 is 5.97 Å². The molecule has 1 aliphatic rings. The lowest BCUT2D eigenvalue weighted by atomic mass is 9.99. The Morgan fingerprint density at radius 1 is 1.44 bits per heavy atom. The Labute approximate surface area is 109 Å². The minimum atomic E-state index is -0.215. The van der Waals surface area contributed by atoms with Crippen LogP contribution in [0.3, 0.4) is 0 Å². The van der Waals surface area contributed by atoms with Crippen molar-refractivity contribution in [3.8, 4) is 0 Å². The van der Waals surface area contributed by atoms with Crippen molar-refractivity contribution in [2.75, 3.05) is 13.7 Å². The molecule has 1 saturated carbocycles. The quantitative estimate of drug-likeness (QED) is 0.812. The van der Waals surface area contributed by atoms with Crippen LogP contribution in [0.25, 0.3) is 0 Å². The molecule has 1 aromatic carbocycles. The van der Waals surface area contributed by atoms with Gasteiger partial charge in [0, 0.05) is 12.6 Å². The van der Waals surface area contributed by atoms with E-state index in [1.807, 2.05) is 30.3 Å². The number of hydrogen-bond donors (Lipinski definition) is 1. The maximum Gasteiger partial charge on any atom is 0.314 e. The van der Waals surface area contributed by atoms with E-state index in [0.29, 0.717) is 18.0 Å². The highest BCUT2D eigenvalue weighted by atomic mass is 16.5. The first kappa shape index (κ1) is 13.1. The van der Waals surface area contributed by atoms with Gasteiger partial charge < -0.3 is 10.1 Å². The van der Waals surface area contributed by atoms with Crippen molar-refractivity contribution in [2.45, 2.75) is 32.2 Å². The topological polar surface area (TPSA) is 38.3 Å². The first-order chi connectivity index (χ1) is 8.54. The third-order valence-corrected chi connectivity index (χ3v) is 3.77. The molecule has 0 spiro atoms. The normalized spacial score (nSPS) is 22.3. The van der Waals surface area contributed by atoms with E-state index in [2.05, 4.69) is 19.2 Å². The van der Waals surface area contributed by atoms with E-state index in [0.717, 1.165) is 5.56 Å². The average molecular weight is 247 g/mol. The molecule has 0 heterocycles. The Morgan fingerprint density at radius 2 is 2.06 bits per heavy atom. The van der Waals surface area contributed by atoms with Crippen LogP contribution in [0.1, 0.15) is 31.7 Å². The van der Waals surface area contributed by atoms with Crippen LogP contribution in [0.4, 0.5) is 0 Å². The molecule has 1 aliphatic carbocycles. The molecular formula is C15H21NO2. The largest absolute Gasteiger partial charge is 0.469 e. The summed E-state index contributed by atoms with van der Waals surface area (Å²) >= 11 is 0. The fourth-order valence-corrected chi connectivity index (χ4v) is 2.24. The van der Waals surface area contributed by atoms with Crippen LogP contribution in [-0.2, 0) is 9.53 Å². The van der Waals surface area contributed by atoms with E-state index in [1.165, 1.54) is 13.5 Å². The highest BCUT2D eigenvalue weighted by Gasteiger charge is 2.45. The van der Waals surface area contributed by atoms with Gasteiger partial charge in [0.05, 0.1) is 13.0 Å². The van der Waals surface area contributed by atoms with Gasteiger partial charge in [-0.3, -0.25) is 4.79 Å². The second-order valence-electron chi connectivity index (χ2n) is 5.64. The highest BCUT2D eigenvalue weighted by molar-refractivity contribution is 5.78. The molecule has 2 rings (SSSR count). The summed E-state index contributed by atoms with van der Waals surface area (Å²) < 4.78 is 4.89. The Morgan fingerprint density at radius 3 is 2.56 bits per heavy atom. The molecule has 1 aromatic rings. The summed E-state index contributed by atoms with van der Waals surface area (Å²) in [5.41, 5.74) is 1.38. The van der Waals surface area contributed by atoms with Crippen molar-refractivity contribution in [3.63, 3.8) is 0 Å². The lowest BCUT2D eigenvalue weighted by Gasteiger charge is -2.16. The van der Waals surface area contributed by atoms with E-state index in [9.17, 15) is 4.79 Å². The molecular weight excluding hydrogens is 226 g/mol. The predicted octanol–water partition coefficient (Wildman–Crippen LogP) is 2.33. The van der Waals surface area contributed by atoms with Crippen LogP contribution in [0.15, 0.2) is 30.3 Å². The maximum atomic E-state index is 11.8. The Hall–Kier alpha value is -1.35. The lowest BCUT2D eigenvalue weighted by molar-refractivity contribution is -0.142. The third-order valence-electron chi connectivity index (χ3n) is 3.77. The van der Waals surface area contributed by atoms with Crippen LogP contribution in [-0.4, -0.2) is 25.7 Å². The van der Waals surface area contributed by atoms with Crippen LogP contribution < -0.4 is 5.32 Å². The number of esters is 1. The molecule has 2 unspecified atom stereocenters. The zero-order chi connectivity index (χ0) is 13.2. The predicted molar refractivity (Wildman–Crippen MR) is 71.4 cm³/mol. The van der Waals surface area contributed by atoms with Gasteiger partial charge in [-0.15, -0.1) is 0 Å². The zero-order valence-corrected chi connectivity index (χ0v) is 11.3. The number of rotatable bonds is 5. The molecule has 1 fully saturated rings. The maximum absolute atomic E-state index is 11.8. The summed E-state index contributed by atoms with van der Waals surface area (Å²) in [6, 6.07) is 10.3. The van der Waals surface area contributed by atoms with Crippen molar-refractivity contribution in [1.82, 2.24) is 5.32 Å². The number of methoxy groups -OCH3 is 1. The van der Waals surface area contributed by atoms with Crippen molar-refractivity contribution in [2.24, 2.45) is 5.41 Å². The SMILES string of the molecule is COC(=O)C(CNC1CC1(C)C)c1ccccc1. The lowest BCUT2D eigenvalue weighted by Crippen LogP contribution is -2.30. The molecule has 0 radical (unpaired) electrons. The highest BCUT2D eigenvalue weighted by Crippen LogP contribution is 2.44. The fourth-order valence-electron chi connectivity index (χ4n) is 2.24. The Kier molecular flexibility index (Phi) is 3.71. The van der Waals surface area contributed by atoms with E-state index >= 15 is 0 Å². The molecule has 2 atom stereocenters. The number of benzene rings is 1. The van der Waals surface area contributed by atoms with Crippen LogP contribution in [0.2, 0.25) is 0 Å². The van der Waals surface area contributed by atoms with Gasteiger partial charge in [-0.25, -0.2) is 0 Å². The van der Waals surface area contributed by atoms with Crippen LogP contribution >= 0.6 is 0 Å². The molecule has 0 bridgehead atoms. The second-order valence-corrected chi connectivity index (χ2v) is 5.64. The van der Waals surface area contributed by atoms with E-state index in [-0.39, 0.29) is 11.9 Å². The summed E-state index contributed by atoms with van der Waals surface area (Å²) in [5, 5.41) is 3.46. The summed E-state index contributed by atoms with van der Waals surface area (Å²) in [7, 11) is 1.44. The first-order valence-corrected chi connectivity index (χ1v) is 6.41. The standard InChI is InChI=1S/C15H21NO2/c1-15(2)9-13(15)16-10-12(14(17)18-3)11-7-5-4-6-8-11/h4-8,12-13,16H,9-10H2,1-3H3. The van der Waals surface area contributed by atoms with Crippen molar-refractivity contribution in [3.05, 3.63) is 35.9 Å². The van der Waals surface area contributed by atoms with Gasteiger partial charge in [0.15, 0.2) is 0 Å². The molecule has 0 saturated heterocycles. The molecule has 0 amide bonds. The number of hydrogen-bond acceptors (Lipinski definition) is 3. The minimum absolute atomic E-state index is 0.174. The van der Waals surface area contributed by atoms with Crippen LogP contribution in [0.5, 0.6) is 0 Å². The number of ether oxygens (including phenoxy) is 1. The van der Waals surface area contributed by atoms with Gasteiger partial charge in [-0.1, -0.05) is 44.2 Å². The smallest absolute Gasteiger partial charge is 0.314 e. The van der Waals surface area contributed by atoms with Gasteiger partial charge >= 0.3 is 5.97 Å². The number of nitrogens with one attached hydrogen (secondary N) is 1. The number of carbonyl (C=O) groups excluding carboxylic acids is 1.